The van der Waals surface area contributed by atoms with E-state index in [0.717, 1.165) is 12.1 Å². The molecule has 1 N–H and O–H groups in total. The highest BCUT2D eigenvalue weighted by atomic mass is 19.4. The normalized spacial score (nSPS) is 13.3. The fourth-order valence-electron chi connectivity index (χ4n) is 2.04. The third-order valence-corrected chi connectivity index (χ3v) is 3.11. The van der Waals surface area contributed by atoms with Crippen molar-refractivity contribution in [2.24, 2.45) is 0 Å². The van der Waals surface area contributed by atoms with Gasteiger partial charge in [0.2, 0.25) is 0 Å². The smallest absolute Gasteiger partial charge is 0.384 e. The maximum atomic E-state index is 14.0. The van der Waals surface area contributed by atoms with Gasteiger partial charge in [0.1, 0.15) is 11.9 Å². The zero-order valence-electron chi connectivity index (χ0n) is 10.6. The molecule has 106 valence electrons. The van der Waals surface area contributed by atoms with Crippen molar-refractivity contribution >= 4 is 0 Å². The number of halogens is 4. The molecule has 2 rings (SSSR count). The van der Waals surface area contributed by atoms with Gasteiger partial charge in [-0.3, -0.25) is 0 Å². The molecule has 1 nitrogen and oxygen atoms in total. The van der Waals surface area contributed by atoms with Crippen LogP contribution in [0, 0.1) is 12.7 Å². The van der Waals surface area contributed by atoms with Crippen molar-refractivity contribution in [3.63, 3.8) is 0 Å². The summed E-state index contributed by atoms with van der Waals surface area (Å²) in [5, 5.41) is 10.1. The average Bonchev–Trinajstić information content (AvgIpc) is 2.37. The Kier molecular flexibility index (Phi) is 3.81. The summed E-state index contributed by atoms with van der Waals surface area (Å²) in [5.74, 6) is -1.43. The van der Waals surface area contributed by atoms with Crippen LogP contribution in [0.5, 0.6) is 0 Å². The van der Waals surface area contributed by atoms with Crippen LogP contribution in [0.25, 0.3) is 0 Å². The third kappa shape index (κ3) is 2.67. The van der Waals surface area contributed by atoms with Crippen molar-refractivity contribution in [3.05, 3.63) is 70.5 Å². The first-order valence-electron chi connectivity index (χ1n) is 5.91. The Morgan fingerprint density at radius 2 is 1.55 bits per heavy atom. The first kappa shape index (κ1) is 14.5. The predicted molar refractivity (Wildman–Crippen MR) is 66.6 cm³/mol. The summed E-state index contributed by atoms with van der Waals surface area (Å²) in [6, 6.07) is 9.52. The quantitative estimate of drug-likeness (QED) is 0.818. The van der Waals surface area contributed by atoms with Gasteiger partial charge in [0.05, 0.1) is 5.56 Å². The molecule has 1 unspecified atom stereocenters. The second-order valence-corrected chi connectivity index (χ2v) is 4.47. The molecule has 0 radical (unpaired) electrons. The molecule has 0 bridgehead atoms. The van der Waals surface area contributed by atoms with Gasteiger partial charge < -0.3 is 5.11 Å². The molecular weight excluding hydrogens is 272 g/mol. The number of benzene rings is 2. The Labute approximate surface area is 113 Å². The minimum Gasteiger partial charge on any atom is -0.384 e. The average molecular weight is 284 g/mol. The molecule has 0 aromatic heterocycles. The van der Waals surface area contributed by atoms with E-state index >= 15 is 0 Å². The van der Waals surface area contributed by atoms with E-state index in [2.05, 4.69) is 0 Å². The van der Waals surface area contributed by atoms with E-state index in [9.17, 15) is 22.7 Å². The SMILES string of the molecule is Cc1ccccc1C(O)c1cccc(C(F)(F)F)c1F. The van der Waals surface area contributed by atoms with Crippen molar-refractivity contribution < 1.29 is 22.7 Å². The van der Waals surface area contributed by atoms with Gasteiger partial charge in [-0.15, -0.1) is 0 Å². The highest BCUT2D eigenvalue weighted by Gasteiger charge is 2.35. The Morgan fingerprint density at radius 3 is 2.15 bits per heavy atom. The second-order valence-electron chi connectivity index (χ2n) is 4.47. The van der Waals surface area contributed by atoms with Gasteiger partial charge in [-0.2, -0.15) is 13.2 Å². The molecule has 0 saturated carbocycles. The van der Waals surface area contributed by atoms with Crippen LogP contribution < -0.4 is 0 Å². The van der Waals surface area contributed by atoms with Gasteiger partial charge >= 0.3 is 6.18 Å². The topological polar surface area (TPSA) is 20.2 Å². The number of hydrogen-bond acceptors (Lipinski definition) is 1. The molecule has 0 fully saturated rings. The molecule has 5 heteroatoms. The van der Waals surface area contributed by atoms with E-state index in [1.54, 1.807) is 31.2 Å². The standard InChI is InChI=1S/C15H12F4O/c1-9-5-2-3-6-10(9)14(20)11-7-4-8-12(13(11)16)15(17,18)19/h2-8,14,20H,1H3. The summed E-state index contributed by atoms with van der Waals surface area (Å²) >= 11 is 0. The molecule has 2 aromatic carbocycles. The zero-order chi connectivity index (χ0) is 14.9. The van der Waals surface area contributed by atoms with E-state index < -0.39 is 23.7 Å². The summed E-state index contributed by atoms with van der Waals surface area (Å²) in [7, 11) is 0. The van der Waals surface area contributed by atoms with Crippen LogP contribution in [-0.2, 0) is 6.18 Å². The molecular formula is C15H12F4O. The molecule has 0 amide bonds. The lowest BCUT2D eigenvalue weighted by atomic mass is 9.95. The summed E-state index contributed by atoms with van der Waals surface area (Å²) in [6.45, 7) is 1.70. The minimum atomic E-state index is -4.79. The number of hydrogen-bond donors (Lipinski definition) is 1. The summed E-state index contributed by atoms with van der Waals surface area (Å²) < 4.78 is 51.9. The lowest BCUT2D eigenvalue weighted by Crippen LogP contribution is -2.12. The molecule has 0 aliphatic heterocycles. The largest absolute Gasteiger partial charge is 0.419 e. The van der Waals surface area contributed by atoms with Gasteiger partial charge in [-0.25, -0.2) is 4.39 Å². The van der Waals surface area contributed by atoms with Crippen LogP contribution in [0.1, 0.15) is 28.4 Å². The molecule has 0 aliphatic carbocycles. The monoisotopic (exact) mass is 284 g/mol. The summed E-state index contributed by atoms with van der Waals surface area (Å²) in [4.78, 5) is 0. The third-order valence-electron chi connectivity index (χ3n) is 3.11. The van der Waals surface area contributed by atoms with E-state index in [1.807, 2.05) is 0 Å². The van der Waals surface area contributed by atoms with Crippen LogP contribution in [-0.4, -0.2) is 5.11 Å². The minimum absolute atomic E-state index is 0.380. The van der Waals surface area contributed by atoms with Gasteiger partial charge in [0.15, 0.2) is 0 Å². The maximum Gasteiger partial charge on any atom is 0.419 e. The fraction of sp³-hybridized carbons (Fsp3) is 0.200. The van der Waals surface area contributed by atoms with Gasteiger partial charge in [-0.1, -0.05) is 36.4 Å². The first-order chi connectivity index (χ1) is 9.32. The van der Waals surface area contributed by atoms with E-state index in [0.29, 0.717) is 17.2 Å². The van der Waals surface area contributed by atoms with Crippen molar-refractivity contribution in [2.45, 2.75) is 19.2 Å². The zero-order valence-corrected chi connectivity index (χ0v) is 10.6. The van der Waals surface area contributed by atoms with E-state index in [-0.39, 0.29) is 5.56 Å². The van der Waals surface area contributed by atoms with Crippen molar-refractivity contribution in [3.8, 4) is 0 Å². The lowest BCUT2D eigenvalue weighted by Gasteiger charge is -2.17. The molecule has 2 aromatic rings. The van der Waals surface area contributed by atoms with E-state index in [1.165, 1.54) is 0 Å². The number of aliphatic hydroxyl groups is 1. The number of rotatable bonds is 2. The molecule has 0 aliphatic rings. The van der Waals surface area contributed by atoms with Crippen LogP contribution in [0.2, 0.25) is 0 Å². The van der Waals surface area contributed by atoms with Gasteiger partial charge in [-0.05, 0) is 24.1 Å². The highest BCUT2D eigenvalue weighted by molar-refractivity contribution is 5.38. The van der Waals surface area contributed by atoms with Crippen LogP contribution in [0.15, 0.2) is 42.5 Å². The Bertz CT molecular complexity index is 620. The van der Waals surface area contributed by atoms with Crippen LogP contribution in [0.3, 0.4) is 0 Å². The fourth-order valence-corrected chi connectivity index (χ4v) is 2.04. The van der Waals surface area contributed by atoms with Crippen LogP contribution >= 0.6 is 0 Å². The predicted octanol–water partition coefficient (Wildman–Crippen LogP) is 4.23. The van der Waals surface area contributed by atoms with Crippen molar-refractivity contribution in [1.29, 1.82) is 0 Å². The number of alkyl halides is 3. The second kappa shape index (κ2) is 5.25. The molecule has 20 heavy (non-hydrogen) atoms. The summed E-state index contributed by atoms with van der Waals surface area (Å²) in [6.07, 6.45) is -6.22. The highest BCUT2D eigenvalue weighted by Crippen LogP contribution is 2.35. The number of aliphatic hydroxyl groups excluding tert-OH is 1. The van der Waals surface area contributed by atoms with Gasteiger partial charge in [0, 0.05) is 5.56 Å². The maximum absolute atomic E-state index is 14.0. The van der Waals surface area contributed by atoms with E-state index in [4.69, 9.17) is 0 Å². The van der Waals surface area contributed by atoms with Gasteiger partial charge in [0.25, 0.3) is 0 Å². The Morgan fingerprint density at radius 1 is 0.950 bits per heavy atom. The first-order valence-corrected chi connectivity index (χ1v) is 5.91. The van der Waals surface area contributed by atoms with Crippen molar-refractivity contribution in [2.75, 3.05) is 0 Å². The summed E-state index contributed by atoms with van der Waals surface area (Å²) in [5.41, 5.74) is -0.695. The molecule has 0 saturated heterocycles. The Hall–Kier alpha value is -1.88. The van der Waals surface area contributed by atoms with Crippen LogP contribution in [0.4, 0.5) is 17.6 Å². The lowest BCUT2D eigenvalue weighted by molar-refractivity contribution is -0.140. The molecule has 1 atom stereocenters. The number of aryl methyl sites for hydroxylation is 1. The van der Waals surface area contributed by atoms with Crippen molar-refractivity contribution in [1.82, 2.24) is 0 Å². The Balaban J connectivity index is 2.52. The molecule has 0 heterocycles. The molecule has 0 spiro atoms.